The summed E-state index contributed by atoms with van der Waals surface area (Å²) < 4.78 is 5.38. The van der Waals surface area contributed by atoms with E-state index in [9.17, 15) is 0 Å². The van der Waals surface area contributed by atoms with Crippen molar-refractivity contribution in [3.8, 4) is 5.75 Å². The maximum absolute atomic E-state index is 6.86. The van der Waals surface area contributed by atoms with E-state index in [-0.39, 0.29) is 6.04 Å². The highest BCUT2D eigenvalue weighted by Gasteiger charge is 2.41. The highest BCUT2D eigenvalue weighted by Crippen LogP contribution is 2.52. The van der Waals surface area contributed by atoms with Gasteiger partial charge in [0.1, 0.15) is 5.75 Å². The van der Waals surface area contributed by atoms with Crippen molar-refractivity contribution >= 4 is 75.1 Å². The fraction of sp³-hybridized carbons (Fsp3) is 0.167. The number of nitrogens with zero attached hydrogens (tertiary/aromatic N) is 2. The van der Waals surface area contributed by atoms with Crippen LogP contribution in [0.3, 0.4) is 0 Å². The zero-order valence-electron chi connectivity index (χ0n) is 20.3. The molecular formula is C30H22Cl4N2OS. The lowest BCUT2D eigenvalue weighted by Crippen LogP contribution is -2.35. The normalized spacial score (nSPS) is 19.8. The molecule has 6 rings (SSSR count). The Morgan fingerprint density at radius 1 is 0.921 bits per heavy atom. The number of thioether (sulfide) groups is 1. The summed E-state index contributed by atoms with van der Waals surface area (Å²) in [5, 5.41) is 5.57. The molecule has 1 atom stereocenters. The lowest BCUT2D eigenvalue weighted by molar-refractivity contribution is 0.414. The largest absolute Gasteiger partial charge is 0.497 e. The van der Waals surface area contributed by atoms with Crippen LogP contribution in [0.25, 0.3) is 11.8 Å². The maximum Gasteiger partial charge on any atom is 0.174 e. The van der Waals surface area contributed by atoms with E-state index in [1.165, 1.54) is 5.57 Å². The van der Waals surface area contributed by atoms with Crippen molar-refractivity contribution < 1.29 is 4.74 Å². The molecule has 0 fully saturated rings. The number of halogens is 4. The van der Waals surface area contributed by atoms with Gasteiger partial charge in [-0.15, -0.1) is 0 Å². The Morgan fingerprint density at radius 3 is 2.37 bits per heavy atom. The van der Waals surface area contributed by atoms with Gasteiger partial charge in [-0.05, 0) is 102 Å². The predicted molar refractivity (Wildman–Crippen MR) is 162 cm³/mol. The molecule has 3 aromatic rings. The first-order valence-electron chi connectivity index (χ1n) is 12.2. The molecular weight excluding hydrogens is 578 g/mol. The Labute approximate surface area is 246 Å². The van der Waals surface area contributed by atoms with Crippen molar-refractivity contribution in [2.24, 2.45) is 4.99 Å². The average Bonchev–Trinajstić information content (AvgIpc) is 3.33. The molecule has 8 heteroatoms. The molecule has 1 unspecified atom stereocenters. The van der Waals surface area contributed by atoms with Crippen LogP contribution in [0.5, 0.6) is 5.75 Å². The van der Waals surface area contributed by atoms with E-state index >= 15 is 0 Å². The molecule has 3 aliphatic rings. The molecule has 38 heavy (non-hydrogen) atoms. The molecule has 0 saturated heterocycles. The minimum atomic E-state index is -0.116. The first-order chi connectivity index (χ1) is 18.4. The van der Waals surface area contributed by atoms with E-state index in [0.29, 0.717) is 20.1 Å². The third kappa shape index (κ3) is 4.78. The molecule has 192 valence electrons. The highest BCUT2D eigenvalue weighted by molar-refractivity contribution is 8.16. The van der Waals surface area contributed by atoms with Crippen molar-refractivity contribution in [1.82, 2.24) is 4.90 Å². The zero-order chi connectivity index (χ0) is 26.4. The van der Waals surface area contributed by atoms with Crippen LogP contribution in [-0.4, -0.2) is 17.2 Å². The van der Waals surface area contributed by atoms with Gasteiger partial charge in [-0.3, -0.25) is 0 Å². The van der Waals surface area contributed by atoms with Crippen LogP contribution in [0.4, 0.5) is 0 Å². The van der Waals surface area contributed by atoms with Gasteiger partial charge in [-0.1, -0.05) is 70.3 Å². The molecule has 0 spiro atoms. The Balaban J connectivity index is 1.50. The summed E-state index contributed by atoms with van der Waals surface area (Å²) in [7, 11) is 1.67. The number of rotatable bonds is 4. The number of benzene rings is 3. The number of amidine groups is 1. The molecule has 2 aliphatic heterocycles. The van der Waals surface area contributed by atoms with Gasteiger partial charge in [0.05, 0.1) is 24.5 Å². The third-order valence-electron chi connectivity index (χ3n) is 6.97. The number of hydrogen-bond acceptors (Lipinski definition) is 4. The van der Waals surface area contributed by atoms with Crippen molar-refractivity contribution in [1.29, 1.82) is 0 Å². The molecule has 0 amide bonds. The van der Waals surface area contributed by atoms with E-state index in [1.807, 2.05) is 42.5 Å². The summed E-state index contributed by atoms with van der Waals surface area (Å²) in [4.78, 5) is 7.53. The van der Waals surface area contributed by atoms with Crippen LogP contribution >= 0.6 is 58.2 Å². The Kier molecular flexibility index (Phi) is 7.28. The Morgan fingerprint density at radius 2 is 1.66 bits per heavy atom. The van der Waals surface area contributed by atoms with Crippen LogP contribution in [0.15, 0.2) is 87.9 Å². The summed E-state index contributed by atoms with van der Waals surface area (Å²) >= 11 is 27.5. The van der Waals surface area contributed by atoms with Crippen LogP contribution < -0.4 is 4.74 Å². The smallest absolute Gasteiger partial charge is 0.174 e. The van der Waals surface area contributed by atoms with E-state index in [1.54, 1.807) is 24.9 Å². The molecule has 3 nitrogen and oxygen atoms in total. The summed E-state index contributed by atoms with van der Waals surface area (Å²) in [6, 6.07) is 19.3. The number of methoxy groups -OCH3 is 1. The third-order valence-corrected chi connectivity index (χ3v) is 8.94. The van der Waals surface area contributed by atoms with Gasteiger partial charge in [0, 0.05) is 25.5 Å². The van der Waals surface area contributed by atoms with E-state index in [0.717, 1.165) is 63.8 Å². The van der Waals surface area contributed by atoms with Crippen LogP contribution in [0.1, 0.15) is 42.0 Å². The second-order valence-electron chi connectivity index (χ2n) is 9.25. The molecule has 1 aliphatic carbocycles. The topological polar surface area (TPSA) is 24.8 Å². The monoisotopic (exact) mass is 598 g/mol. The molecule has 0 bridgehead atoms. The fourth-order valence-corrected chi connectivity index (χ4v) is 7.10. The molecule has 0 N–H and O–H groups in total. The SMILES string of the molecule is COc1ccc(C2=CSC3=NC4=C(CCC/C4=C\c4ccc(Cl)cc4Cl)C(c4ccc(Cl)cc4Cl)N23)cc1. The first-order valence-corrected chi connectivity index (χ1v) is 14.6. The summed E-state index contributed by atoms with van der Waals surface area (Å²) in [5.41, 5.74) is 7.52. The number of ether oxygens (including phenoxy) is 1. The quantitative estimate of drug-likeness (QED) is 0.298. The molecule has 0 radical (unpaired) electrons. The Bertz CT molecular complexity index is 1560. The molecule has 3 aromatic carbocycles. The van der Waals surface area contributed by atoms with Crippen molar-refractivity contribution in [2.45, 2.75) is 25.3 Å². The minimum absolute atomic E-state index is 0.116. The first kappa shape index (κ1) is 25.9. The number of hydrogen-bond donors (Lipinski definition) is 0. The number of fused-ring (bicyclic) bond motifs is 1. The van der Waals surface area contributed by atoms with E-state index < -0.39 is 0 Å². The molecule has 2 heterocycles. The van der Waals surface area contributed by atoms with Gasteiger partial charge in [-0.25, -0.2) is 4.99 Å². The summed E-state index contributed by atoms with van der Waals surface area (Å²) in [5.74, 6) is 0.817. The fourth-order valence-electron chi connectivity index (χ4n) is 5.19. The van der Waals surface area contributed by atoms with Gasteiger partial charge in [0.25, 0.3) is 0 Å². The standard InChI is InChI=1S/C30H22Cl4N2OS/c1-37-22-10-6-17(7-11-22)27-16-38-30-35-28-19(13-18-5-8-20(31)14-25(18)33)3-2-4-24(28)29(36(27)30)23-12-9-21(32)15-26(23)34/h5-16,29H,2-4H2,1H3/b19-13+. The van der Waals surface area contributed by atoms with Gasteiger partial charge in [0.15, 0.2) is 5.17 Å². The zero-order valence-corrected chi connectivity index (χ0v) is 24.2. The van der Waals surface area contributed by atoms with Crippen LogP contribution in [0.2, 0.25) is 20.1 Å². The van der Waals surface area contributed by atoms with E-state index in [2.05, 4.69) is 28.5 Å². The average molecular weight is 600 g/mol. The lowest BCUT2D eigenvalue weighted by Gasteiger charge is -2.40. The molecule has 0 saturated carbocycles. The van der Waals surface area contributed by atoms with Gasteiger partial charge in [0.2, 0.25) is 0 Å². The highest BCUT2D eigenvalue weighted by atomic mass is 35.5. The maximum atomic E-state index is 6.86. The van der Waals surface area contributed by atoms with Crippen LogP contribution in [0, 0.1) is 0 Å². The molecule has 0 aromatic heterocycles. The lowest BCUT2D eigenvalue weighted by atomic mass is 9.82. The van der Waals surface area contributed by atoms with Crippen molar-refractivity contribution in [3.05, 3.63) is 120 Å². The van der Waals surface area contributed by atoms with Gasteiger partial charge in [-0.2, -0.15) is 0 Å². The van der Waals surface area contributed by atoms with Crippen LogP contribution in [-0.2, 0) is 0 Å². The second-order valence-corrected chi connectivity index (χ2v) is 11.8. The predicted octanol–water partition coefficient (Wildman–Crippen LogP) is 10.3. The van der Waals surface area contributed by atoms with Crippen molar-refractivity contribution in [2.75, 3.05) is 7.11 Å². The number of allylic oxidation sites excluding steroid dienone is 1. The second kappa shape index (κ2) is 10.7. The minimum Gasteiger partial charge on any atom is -0.497 e. The van der Waals surface area contributed by atoms with Gasteiger partial charge >= 0.3 is 0 Å². The summed E-state index contributed by atoms with van der Waals surface area (Å²) in [6.07, 6.45) is 4.98. The van der Waals surface area contributed by atoms with Gasteiger partial charge < -0.3 is 9.64 Å². The Hall–Kier alpha value is -2.34. The van der Waals surface area contributed by atoms with E-state index in [4.69, 9.17) is 56.1 Å². The van der Waals surface area contributed by atoms with Crippen molar-refractivity contribution in [3.63, 3.8) is 0 Å². The summed E-state index contributed by atoms with van der Waals surface area (Å²) in [6.45, 7) is 0. The number of aliphatic imine (C=N–C) groups is 1.